The smallest absolute Gasteiger partial charge is 0.283 e. The van der Waals surface area contributed by atoms with E-state index >= 15 is 0 Å². The Morgan fingerprint density at radius 1 is 1.00 bits per heavy atom. The summed E-state index contributed by atoms with van der Waals surface area (Å²) in [4.78, 5) is 13.3. The molecule has 5 heteroatoms. The van der Waals surface area contributed by atoms with Crippen LogP contribution in [0, 0.1) is 0 Å². The van der Waals surface area contributed by atoms with Crippen LogP contribution in [0.1, 0.15) is 58.9 Å². The van der Waals surface area contributed by atoms with Gasteiger partial charge in [-0.15, -0.1) is 0 Å². The number of rotatable bonds is 5. The molecule has 1 saturated carbocycles. The molecule has 0 unspecified atom stereocenters. The lowest BCUT2D eigenvalue weighted by Crippen LogP contribution is -2.43. The zero-order valence-electron chi connectivity index (χ0n) is 16.3. The molecule has 0 amide bonds. The van der Waals surface area contributed by atoms with E-state index in [-0.39, 0.29) is 29.7 Å². The lowest BCUT2D eigenvalue weighted by atomic mass is 9.89. The predicted molar refractivity (Wildman–Crippen MR) is 108 cm³/mol. The number of nitrogens with zero attached hydrogens (tertiary/aromatic N) is 2. The molecular weight excluding hydrogens is 343 g/mol. The highest BCUT2D eigenvalue weighted by Gasteiger charge is 2.59. The number of carbonyl (C=O) groups excluding carboxylic acids is 1. The molecule has 1 saturated heterocycles. The van der Waals surface area contributed by atoms with E-state index in [9.17, 15) is 9.36 Å². The second-order valence-electron chi connectivity index (χ2n) is 7.99. The third kappa shape index (κ3) is 3.35. The Hall–Kier alpha value is -1.22. The van der Waals surface area contributed by atoms with Crippen LogP contribution in [0.2, 0.25) is 0 Å². The highest BCUT2D eigenvalue weighted by atomic mass is 31.2. The van der Waals surface area contributed by atoms with Crippen molar-refractivity contribution >= 4 is 19.0 Å². The number of benzene rings is 1. The Labute approximate surface area is 157 Å². The number of hydrogen-bond acceptors (Lipinski definition) is 2. The summed E-state index contributed by atoms with van der Waals surface area (Å²) in [6, 6.07) is 10.4. The zero-order valence-corrected chi connectivity index (χ0v) is 17.2. The van der Waals surface area contributed by atoms with Crippen molar-refractivity contribution in [2.24, 2.45) is 0 Å². The van der Waals surface area contributed by atoms with Crippen molar-refractivity contribution in [1.29, 1.82) is 0 Å². The number of carbonyl (C=O) groups is 1. The first kappa shape index (κ1) is 19.5. The van der Waals surface area contributed by atoms with E-state index in [1.807, 2.05) is 30.3 Å². The van der Waals surface area contributed by atoms with Gasteiger partial charge in [0.15, 0.2) is 0 Å². The van der Waals surface area contributed by atoms with Crippen LogP contribution >= 0.6 is 7.44 Å². The Bertz CT molecular complexity index is 686. The van der Waals surface area contributed by atoms with E-state index in [1.165, 1.54) is 6.08 Å². The average molecular weight is 374 g/mol. The summed E-state index contributed by atoms with van der Waals surface area (Å²) in [5.41, 5.74) is 0.717. The van der Waals surface area contributed by atoms with Crippen molar-refractivity contribution in [3.63, 3.8) is 0 Å². The summed E-state index contributed by atoms with van der Waals surface area (Å²) in [6.07, 6.45) is 7.71. The topological polar surface area (TPSA) is 40.6 Å². The van der Waals surface area contributed by atoms with Gasteiger partial charge in [-0.1, -0.05) is 49.2 Å². The number of hydrogen-bond donors (Lipinski definition) is 0. The molecule has 1 aliphatic heterocycles. The molecule has 0 bridgehead atoms. The molecule has 2 atom stereocenters. The summed E-state index contributed by atoms with van der Waals surface area (Å²) in [6.45, 7) is 8.26. The highest BCUT2D eigenvalue weighted by molar-refractivity contribution is 7.77. The molecule has 2 aliphatic rings. The van der Waals surface area contributed by atoms with E-state index in [1.54, 1.807) is 6.08 Å². The first-order chi connectivity index (χ1) is 12.4. The molecule has 0 aromatic heterocycles. The Morgan fingerprint density at radius 3 is 1.96 bits per heavy atom. The third-order valence-corrected chi connectivity index (χ3v) is 9.06. The molecule has 142 valence electrons. The fraction of sp³-hybridized carbons (Fsp3) is 0.571. The Morgan fingerprint density at radius 2 is 1.50 bits per heavy atom. The molecule has 3 rings (SSSR count). The van der Waals surface area contributed by atoms with Crippen molar-refractivity contribution in [3.8, 4) is 0 Å². The maximum absolute atomic E-state index is 14.3. The van der Waals surface area contributed by atoms with Gasteiger partial charge in [-0.2, -0.15) is 0 Å². The van der Waals surface area contributed by atoms with Gasteiger partial charge in [-0.3, -0.25) is 9.36 Å². The lowest BCUT2D eigenvalue weighted by Gasteiger charge is -2.34. The van der Waals surface area contributed by atoms with E-state index < -0.39 is 7.44 Å². The van der Waals surface area contributed by atoms with Crippen LogP contribution in [-0.4, -0.2) is 39.0 Å². The fourth-order valence-electron chi connectivity index (χ4n) is 4.68. The maximum Gasteiger partial charge on any atom is 0.285 e. The molecule has 1 aromatic rings. The summed E-state index contributed by atoms with van der Waals surface area (Å²) in [5.74, 6) is 0. The second-order valence-corrected chi connectivity index (χ2v) is 10.4. The number of fused-ring (bicyclic) bond motifs is 1. The van der Waals surface area contributed by atoms with Gasteiger partial charge in [-0.25, -0.2) is 9.34 Å². The molecule has 1 heterocycles. The lowest BCUT2D eigenvalue weighted by molar-refractivity contribution is -0.108. The van der Waals surface area contributed by atoms with Crippen molar-refractivity contribution in [2.45, 2.75) is 77.5 Å². The minimum atomic E-state index is -3.29. The van der Waals surface area contributed by atoms with Crippen molar-refractivity contribution < 1.29 is 9.36 Å². The minimum Gasteiger partial charge on any atom is -0.283 e. The largest absolute Gasteiger partial charge is 0.285 e. The molecule has 0 spiro atoms. The average Bonchev–Trinajstić information content (AvgIpc) is 2.90. The Kier molecular flexibility index (Phi) is 5.86. The SMILES string of the molecule is CC(C)N1[C@@H]2CCCC[C@H]2N(C(C)C)P1(=O)C(=O)/C=C/c1ccccc1. The molecule has 26 heavy (non-hydrogen) atoms. The van der Waals surface area contributed by atoms with Crippen molar-refractivity contribution in [1.82, 2.24) is 9.34 Å². The van der Waals surface area contributed by atoms with Gasteiger partial charge in [0.25, 0.3) is 7.44 Å². The molecule has 1 aromatic carbocycles. The van der Waals surface area contributed by atoms with Gasteiger partial charge in [-0.05, 0) is 52.2 Å². The van der Waals surface area contributed by atoms with Crippen LogP contribution in [0.15, 0.2) is 36.4 Å². The van der Waals surface area contributed by atoms with E-state index in [0.717, 1.165) is 31.2 Å². The van der Waals surface area contributed by atoms with Crippen LogP contribution in [0.4, 0.5) is 0 Å². The second kappa shape index (κ2) is 7.80. The van der Waals surface area contributed by atoms with Crippen LogP contribution in [0.5, 0.6) is 0 Å². The minimum absolute atomic E-state index is 0.0873. The van der Waals surface area contributed by atoms with E-state index in [0.29, 0.717) is 0 Å². The van der Waals surface area contributed by atoms with Gasteiger partial charge < -0.3 is 0 Å². The summed E-state index contributed by atoms with van der Waals surface area (Å²) < 4.78 is 18.4. The van der Waals surface area contributed by atoms with Crippen LogP contribution in [0.25, 0.3) is 6.08 Å². The third-order valence-electron chi connectivity index (χ3n) is 5.56. The zero-order chi connectivity index (χ0) is 18.9. The summed E-state index contributed by atoms with van der Waals surface area (Å²) >= 11 is 0. The van der Waals surface area contributed by atoms with Crippen molar-refractivity contribution in [3.05, 3.63) is 42.0 Å². The Balaban J connectivity index is 2.00. The predicted octanol–water partition coefficient (Wildman–Crippen LogP) is 5.17. The van der Waals surface area contributed by atoms with Gasteiger partial charge in [0.1, 0.15) is 0 Å². The highest BCUT2D eigenvalue weighted by Crippen LogP contribution is 2.66. The van der Waals surface area contributed by atoms with Crippen molar-refractivity contribution in [2.75, 3.05) is 0 Å². The molecule has 2 fully saturated rings. The quantitative estimate of drug-likeness (QED) is 0.527. The van der Waals surface area contributed by atoms with E-state index in [2.05, 4.69) is 37.0 Å². The fourth-order valence-corrected chi connectivity index (χ4v) is 8.24. The van der Waals surface area contributed by atoms with E-state index in [4.69, 9.17) is 0 Å². The normalized spacial score (nSPS) is 26.7. The molecule has 0 N–H and O–H groups in total. The molecular formula is C21H31N2O2P. The van der Waals surface area contributed by atoms with Crippen LogP contribution in [0.3, 0.4) is 0 Å². The summed E-state index contributed by atoms with van der Waals surface area (Å²) in [5, 5.41) is 0. The molecule has 1 aliphatic carbocycles. The molecule has 0 radical (unpaired) electrons. The standard InChI is InChI=1S/C21H31N2O2P/c1-16(2)22-19-12-8-9-13-20(19)23(17(3)4)26(22,25)21(24)15-14-18-10-6-5-7-11-18/h5-7,10-11,14-17,19-20H,8-9,12-13H2,1-4H3/b15-14+/t19-,20-/m1/s1. The van der Waals surface area contributed by atoms with Gasteiger partial charge in [0.2, 0.25) is 5.52 Å². The maximum atomic E-state index is 14.3. The first-order valence-electron chi connectivity index (χ1n) is 9.82. The monoisotopic (exact) mass is 374 g/mol. The van der Waals surface area contributed by atoms with Gasteiger partial charge in [0, 0.05) is 24.2 Å². The summed E-state index contributed by atoms with van der Waals surface area (Å²) in [7, 11) is -3.29. The first-order valence-corrected chi connectivity index (χ1v) is 11.4. The van der Waals surface area contributed by atoms with Crippen LogP contribution in [-0.2, 0) is 9.36 Å². The van der Waals surface area contributed by atoms with Gasteiger partial charge in [0.05, 0.1) is 0 Å². The molecule has 4 nitrogen and oxygen atoms in total. The van der Waals surface area contributed by atoms with Gasteiger partial charge >= 0.3 is 0 Å². The number of allylic oxidation sites excluding steroid dienone is 1. The van der Waals surface area contributed by atoms with Crippen LogP contribution < -0.4 is 0 Å².